The van der Waals surface area contributed by atoms with E-state index in [1.807, 2.05) is 13.8 Å². The first-order chi connectivity index (χ1) is 9.02. The van der Waals surface area contributed by atoms with Crippen LogP contribution in [-0.2, 0) is 13.1 Å². The summed E-state index contributed by atoms with van der Waals surface area (Å²) in [5.74, 6) is 0. The third-order valence-corrected chi connectivity index (χ3v) is 2.99. The third-order valence-electron chi connectivity index (χ3n) is 2.99. The molecule has 0 fully saturated rings. The van der Waals surface area contributed by atoms with E-state index in [-0.39, 0.29) is 5.65 Å². The fourth-order valence-electron chi connectivity index (χ4n) is 2.30. The van der Waals surface area contributed by atoms with Gasteiger partial charge in [-0.1, -0.05) is 13.8 Å². The van der Waals surface area contributed by atoms with Crippen molar-refractivity contribution in [2.24, 2.45) is 0 Å². The highest BCUT2D eigenvalue weighted by atomic mass is 16.5. The minimum Gasteiger partial charge on any atom is -0.740 e. The molecule has 0 spiro atoms. The molecule has 106 valence electrons. The summed E-state index contributed by atoms with van der Waals surface area (Å²) in [6.45, 7) is 4.87. The van der Waals surface area contributed by atoms with Gasteiger partial charge in [0.1, 0.15) is 0 Å². The second-order valence-corrected chi connectivity index (χ2v) is 4.43. The maximum Gasteiger partial charge on any atom is 0.393 e. The summed E-state index contributed by atoms with van der Waals surface area (Å²) in [6.07, 6.45) is 0.803. The van der Waals surface area contributed by atoms with Gasteiger partial charge in [-0.15, -0.1) is 0 Å². The number of imidazole rings is 2. The molecule has 0 bridgehead atoms. The van der Waals surface area contributed by atoms with Gasteiger partial charge in [0.25, 0.3) is 17.7 Å². The number of nitrogens with zero attached hydrogens (tertiary/aromatic N) is 4. The molecule has 0 aromatic carbocycles. The highest BCUT2D eigenvalue weighted by molar-refractivity contribution is 5.64. The van der Waals surface area contributed by atoms with E-state index >= 15 is 0 Å². The maximum atomic E-state index is 12.1. The molecule has 0 amide bonds. The number of aromatic nitrogens is 4. The highest BCUT2D eigenvalue weighted by Crippen LogP contribution is 2.13. The van der Waals surface area contributed by atoms with Crippen LogP contribution in [0.2, 0.25) is 0 Å². The van der Waals surface area contributed by atoms with Crippen LogP contribution in [0, 0.1) is 5.21 Å². The van der Waals surface area contributed by atoms with Gasteiger partial charge in [0.05, 0.1) is 6.54 Å². The minimum atomic E-state index is -2.02. The van der Waals surface area contributed by atoms with Crippen molar-refractivity contribution in [1.29, 1.82) is 0 Å². The topological polar surface area (TPSA) is 99.3 Å². The third kappa shape index (κ3) is 2.02. The molecular weight excluding hydrogens is 252 g/mol. The number of fused-ring (bicyclic) bond motifs is 1. The summed E-state index contributed by atoms with van der Waals surface area (Å²) < 4.78 is 4.26. The van der Waals surface area contributed by atoms with E-state index in [1.165, 1.54) is 10.9 Å². The number of rotatable bonds is 5. The van der Waals surface area contributed by atoms with Crippen molar-refractivity contribution in [3.63, 3.8) is 0 Å². The molecule has 0 radical (unpaired) electrons. The lowest BCUT2D eigenvalue weighted by atomic mass is 10.4. The Bertz CT molecular complexity index is 637. The fraction of sp³-hybridized carbons (Fsp3) is 0.636. The Labute approximate surface area is 109 Å². The zero-order valence-corrected chi connectivity index (χ0v) is 11.0. The quantitative estimate of drug-likeness (QED) is 0.434. The van der Waals surface area contributed by atoms with Gasteiger partial charge >= 0.3 is 5.69 Å². The van der Waals surface area contributed by atoms with Crippen molar-refractivity contribution in [3.8, 4) is 0 Å². The van der Waals surface area contributed by atoms with Crippen molar-refractivity contribution >= 4 is 11.3 Å². The molecule has 0 aliphatic rings. The molecule has 0 unspecified atom stereocenters. The molecular formula is C11H18N4O4. The average molecular weight is 270 g/mol. The molecule has 0 aliphatic carbocycles. The van der Waals surface area contributed by atoms with Crippen LogP contribution in [0.4, 0.5) is 0 Å². The van der Waals surface area contributed by atoms with Crippen LogP contribution in [-0.4, -0.2) is 23.9 Å². The van der Waals surface area contributed by atoms with Crippen molar-refractivity contribution in [1.82, 2.24) is 13.7 Å². The largest absolute Gasteiger partial charge is 0.740 e. The van der Waals surface area contributed by atoms with Gasteiger partial charge in [-0.2, -0.15) is 4.57 Å². The minimum absolute atomic E-state index is 0.0260. The molecule has 8 nitrogen and oxygen atoms in total. The average Bonchev–Trinajstić information content (AvgIpc) is 2.79. The molecule has 0 saturated carbocycles. The van der Waals surface area contributed by atoms with E-state index in [0.29, 0.717) is 34.5 Å². The number of aliphatic hydroxyl groups is 2. The first-order valence-corrected chi connectivity index (χ1v) is 6.32. The Morgan fingerprint density at radius 1 is 1.32 bits per heavy atom. The predicted molar refractivity (Wildman–Crippen MR) is 67.2 cm³/mol. The Morgan fingerprint density at radius 3 is 2.47 bits per heavy atom. The van der Waals surface area contributed by atoms with Gasteiger partial charge in [-0.25, -0.2) is 18.7 Å². The van der Waals surface area contributed by atoms with Gasteiger partial charge in [0.15, 0.2) is 6.33 Å². The number of hydrogen-bond donors (Lipinski definition) is 2. The van der Waals surface area contributed by atoms with Gasteiger partial charge in [0.2, 0.25) is 0 Å². The number of hydrogen-bond acceptors (Lipinski definition) is 4. The second-order valence-electron chi connectivity index (χ2n) is 4.43. The van der Waals surface area contributed by atoms with E-state index in [9.17, 15) is 20.2 Å². The van der Waals surface area contributed by atoms with Gasteiger partial charge in [-0.05, 0) is 12.8 Å². The van der Waals surface area contributed by atoms with Crippen LogP contribution < -0.4 is 10.4 Å². The Morgan fingerprint density at radius 2 is 1.95 bits per heavy atom. The first kappa shape index (κ1) is 13.6. The number of aryl methyl sites for hydroxylation is 2. The SMILES string of the molecule is CCCn1c[n+]([O-])c2c1n(CCC)c(=O)n2C(O)O. The lowest BCUT2D eigenvalue weighted by molar-refractivity contribution is -0.582. The van der Waals surface area contributed by atoms with E-state index in [2.05, 4.69) is 0 Å². The van der Waals surface area contributed by atoms with Crippen LogP contribution in [0.15, 0.2) is 11.1 Å². The molecule has 2 aromatic rings. The lowest BCUT2D eigenvalue weighted by Crippen LogP contribution is -2.33. The van der Waals surface area contributed by atoms with Gasteiger partial charge in [-0.3, -0.25) is 0 Å². The summed E-state index contributed by atoms with van der Waals surface area (Å²) >= 11 is 0. The maximum absolute atomic E-state index is 12.1. The first-order valence-electron chi connectivity index (χ1n) is 6.32. The van der Waals surface area contributed by atoms with E-state index in [4.69, 9.17) is 0 Å². The van der Waals surface area contributed by atoms with Crippen LogP contribution in [0.1, 0.15) is 33.1 Å². The molecule has 0 saturated heterocycles. The van der Waals surface area contributed by atoms with E-state index in [1.54, 1.807) is 4.57 Å². The van der Waals surface area contributed by atoms with Crippen molar-refractivity contribution in [2.45, 2.75) is 46.2 Å². The molecule has 2 aromatic heterocycles. The number of aliphatic hydroxyl groups excluding tert-OH is 1. The monoisotopic (exact) mass is 270 g/mol. The zero-order chi connectivity index (χ0) is 14.2. The second kappa shape index (κ2) is 5.06. The smallest absolute Gasteiger partial charge is 0.393 e. The van der Waals surface area contributed by atoms with Crippen molar-refractivity contribution < 1.29 is 14.9 Å². The van der Waals surface area contributed by atoms with Gasteiger partial charge in [0, 0.05) is 6.54 Å². The van der Waals surface area contributed by atoms with E-state index < -0.39 is 12.1 Å². The normalized spacial score (nSPS) is 11.8. The van der Waals surface area contributed by atoms with Crippen LogP contribution in [0.25, 0.3) is 11.3 Å². The lowest BCUT2D eigenvalue weighted by Gasteiger charge is -2.03. The summed E-state index contributed by atoms with van der Waals surface area (Å²) in [5, 5.41) is 30.5. The van der Waals surface area contributed by atoms with Crippen molar-refractivity contribution in [2.75, 3.05) is 0 Å². The molecule has 2 rings (SSSR count). The molecule has 0 atom stereocenters. The molecule has 19 heavy (non-hydrogen) atoms. The van der Waals surface area contributed by atoms with Crippen LogP contribution >= 0.6 is 0 Å². The summed E-state index contributed by atoms with van der Waals surface area (Å²) in [7, 11) is 0. The summed E-state index contributed by atoms with van der Waals surface area (Å²) in [6, 6.07) is 0. The van der Waals surface area contributed by atoms with Crippen molar-refractivity contribution in [3.05, 3.63) is 22.0 Å². The zero-order valence-electron chi connectivity index (χ0n) is 11.0. The molecule has 0 aliphatic heterocycles. The van der Waals surface area contributed by atoms with Gasteiger partial charge < -0.3 is 15.4 Å². The van der Waals surface area contributed by atoms with E-state index in [0.717, 1.165) is 6.42 Å². The Hall–Kier alpha value is -1.80. The van der Waals surface area contributed by atoms with Crippen LogP contribution in [0.5, 0.6) is 0 Å². The molecule has 8 heteroatoms. The molecule has 2 heterocycles. The fourth-order valence-corrected chi connectivity index (χ4v) is 2.30. The highest BCUT2D eigenvalue weighted by Gasteiger charge is 2.28. The Kier molecular flexibility index (Phi) is 3.63. The van der Waals surface area contributed by atoms with Crippen LogP contribution in [0.3, 0.4) is 0 Å². The molecule has 2 N–H and O–H groups in total. The summed E-state index contributed by atoms with van der Waals surface area (Å²) in [4.78, 5) is 12.1. The standard InChI is InChI=1S/C11H18N4O4/c1-3-5-12-7-14(19)9-8(12)13(6-4-2)10(16)15(9)11(17)18/h7,11,17-18H,3-6H2,1-2H3. The predicted octanol–water partition coefficient (Wildman–Crippen LogP) is -0.501. The Balaban J connectivity index is 2.83. The summed E-state index contributed by atoms with van der Waals surface area (Å²) in [5.41, 5.74) is -0.185.